The molecule has 19 heavy (non-hydrogen) atoms. The molecule has 1 aromatic rings. The van der Waals surface area contributed by atoms with E-state index < -0.39 is 0 Å². The molecule has 4 nitrogen and oxygen atoms in total. The first-order chi connectivity index (χ1) is 9.31. The Hall–Kier alpha value is -1.26. The molecule has 2 aliphatic heterocycles. The van der Waals surface area contributed by atoms with Crippen LogP contribution in [0.1, 0.15) is 24.8 Å². The molecule has 1 aromatic carbocycles. The molecule has 0 radical (unpaired) electrons. The first-order valence-electron chi connectivity index (χ1n) is 7.20. The second-order valence-corrected chi connectivity index (χ2v) is 5.39. The minimum absolute atomic E-state index is 0.129. The minimum Gasteiger partial charge on any atom is -0.464 e. The Balaban J connectivity index is 1.38. The third-order valence-electron chi connectivity index (χ3n) is 3.85. The van der Waals surface area contributed by atoms with Gasteiger partial charge in [-0.05, 0) is 50.6 Å². The van der Waals surface area contributed by atoms with E-state index in [2.05, 4.69) is 4.90 Å². The topological polar surface area (TPSA) is 47.7 Å². The van der Waals surface area contributed by atoms with E-state index in [-0.39, 0.29) is 6.29 Å². The largest absolute Gasteiger partial charge is 0.464 e. The van der Waals surface area contributed by atoms with Gasteiger partial charge in [0, 0.05) is 24.2 Å². The van der Waals surface area contributed by atoms with Crippen molar-refractivity contribution in [2.45, 2.75) is 32.0 Å². The van der Waals surface area contributed by atoms with Crippen LogP contribution >= 0.6 is 0 Å². The third kappa shape index (κ3) is 3.19. The Morgan fingerprint density at radius 3 is 3.00 bits per heavy atom. The second kappa shape index (κ2) is 5.80. The van der Waals surface area contributed by atoms with Gasteiger partial charge in [-0.2, -0.15) is 0 Å². The van der Waals surface area contributed by atoms with E-state index in [1.165, 1.54) is 25.9 Å². The van der Waals surface area contributed by atoms with Crippen LogP contribution in [-0.2, 0) is 11.2 Å². The third-order valence-corrected chi connectivity index (χ3v) is 3.85. The zero-order chi connectivity index (χ0) is 13.1. The zero-order valence-corrected chi connectivity index (χ0v) is 11.3. The molecule has 4 heteroatoms. The van der Waals surface area contributed by atoms with Crippen molar-refractivity contribution < 1.29 is 9.47 Å². The SMILES string of the molecule is Nc1ccc2c(c1)CC(OCCCN1CCCC1)O2. The number of ether oxygens (including phenoxy) is 2. The summed E-state index contributed by atoms with van der Waals surface area (Å²) in [7, 11) is 0. The number of anilines is 1. The molecule has 0 aliphatic carbocycles. The summed E-state index contributed by atoms with van der Waals surface area (Å²) < 4.78 is 11.5. The van der Waals surface area contributed by atoms with Crippen LogP contribution in [0.25, 0.3) is 0 Å². The summed E-state index contributed by atoms with van der Waals surface area (Å²) in [6, 6.07) is 5.77. The van der Waals surface area contributed by atoms with Crippen LogP contribution in [0, 0.1) is 0 Å². The van der Waals surface area contributed by atoms with Crippen LogP contribution in [0.4, 0.5) is 5.69 Å². The molecule has 3 rings (SSSR count). The van der Waals surface area contributed by atoms with E-state index in [1.807, 2.05) is 18.2 Å². The molecule has 2 aliphatic rings. The maximum atomic E-state index is 5.80. The summed E-state index contributed by atoms with van der Waals surface area (Å²) in [6.45, 7) is 4.42. The molecule has 0 amide bonds. The summed E-state index contributed by atoms with van der Waals surface area (Å²) in [6.07, 6.45) is 4.46. The van der Waals surface area contributed by atoms with Crippen LogP contribution in [0.2, 0.25) is 0 Å². The molecule has 0 aromatic heterocycles. The number of nitrogens with zero attached hydrogens (tertiary/aromatic N) is 1. The van der Waals surface area contributed by atoms with E-state index in [0.717, 1.165) is 43.0 Å². The van der Waals surface area contributed by atoms with Gasteiger partial charge in [-0.15, -0.1) is 0 Å². The van der Waals surface area contributed by atoms with Crippen molar-refractivity contribution in [1.29, 1.82) is 0 Å². The van der Waals surface area contributed by atoms with Crippen molar-refractivity contribution in [3.05, 3.63) is 23.8 Å². The number of nitrogen functional groups attached to an aromatic ring is 1. The molecule has 1 unspecified atom stereocenters. The number of likely N-dealkylation sites (tertiary alicyclic amines) is 1. The van der Waals surface area contributed by atoms with Crippen LogP contribution in [0.5, 0.6) is 5.75 Å². The highest BCUT2D eigenvalue weighted by molar-refractivity contribution is 5.49. The van der Waals surface area contributed by atoms with Crippen LogP contribution in [0.15, 0.2) is 18.2 Å². The highest BCUT2D eigenvalue weighted by Gasteiger charge is 2.23. The number of hydrogen-bond donors (Lipinski definition) is 1. The summed E-state index contributed by atoms with van der Waals surface area (Å²) in [4.78, 5) is 2.51. The Bertz CT molecular complexity index is 430. The van der Waals surface area contributed by atoms with Gasteiger partial charge in [0.25, 0.3) is 0 Å². The molecule has 2 heterocycles. The van der Waals surface area contributed by atoms with E-state index in [1.54, 1.807) is 0 Å². The Labute approximate surface area is 114 Å². The van der Waals surface area contributed by atoms with Gasteiger partial charge in [0.15, 0.2) is 0 Å². The lowest BCUT2D eigenvalue weighted by atomic mass is 10.1. The van der Waals surface area contributed by atoms with Crippen LogP contribution in [-0.4, -0.2) is 37.4 Å². The summed E-state index contributed by atoms with van der Waals surface area (Å²) in [5.41, 5.74) is 7.71. The van der Waals surface area contributed by atoms with Crippen molar-refractivity contribution >= 4 is 5.69 Å². The van der Waals surface area contributed by atoms with E-state index in [9.17, 15) is 0 Å². The number of rotatable bonds is 5. The van der Waals surface area contributed by atoms with Crippen LogP contribution in [0.3, 0.4) is 0 Å². The molecule has 2 N–H and O–H groups in total. The lowest BCUT2D eigenvalue weighted by Crippen LogP contribution is -2.24. The number of fused-ring (bicyclic) bond motifs is 1. The smallest absolute Gasteiger partial charge is 0.204 e. The minimum atomic E-state index is -0.129. The molecule has 0 bridgehead atoms. The predicted molar refractivity (Wildman–Crippen MR) is 75.2 cm³/mol. The molecule has 1 atom stereocenters. The van der Waals surface area contributed by atoms with E-state index >= 15 is 0 Å². The molecule has 0 spiro atoms. The highest BCUT2D eigenvalue weighted by atomic mass is 16.7. The molecule has 104 valence electrons. The normalized spacial score (nSPS) is 22.4. The molecular weight excluding hydrogens is 240 g/mol. The van der Waals surface area contributed by atoms with Gasteiger partial charge in [0.1, 0.15) is 5.75 Å². The molecule has 1 saturated heterocycles. The molecule has 0 saturated carbocycles. The first-order valence-corrected chi connectivity index (χ1v) is 7.20. The van der Waals surface area contributed by atoms with Gasteiger partial charge in [-0.25, -0.2) is 0 Å². The summed E-state index contributed by atoms with van der Waals surface area (Å²) in [5, 5.41) is 0. The standard InChI is InChI=1S/C15H22N2O2/c16-13-4-5-14-12(10-13)11-15(19-14)18-9-3-8-17-6-1-2-7-17/h4-5,10,15H,1-3,6-9,11,16H2. The predicted octanol–water partition coefficient (Wildman–Crippen LogP) is 2.03. The quantitative estimate of drug-likeness (QED) is 0.651. The first kappa shape index (κ1) is 12.8. The summed E-state index contributed by atoms with van der Waals surface area (Å²) >= 11 is 0. The maximum Gasteiger partial charge on any atom is 0.204 e. The Kier molecular flexibility index (Phi) is 3.89. The van der Waals surface area contributed by atoms with Crippen molar-refractivity contribution in [2.75, 3.05) is 32.0 Å². The fourth-order valence-electron chi connectivity index (χ4n) is 2.84. The number of benzene rings is 1. The average Bonchev–Trinajstić information content (AvgIpc) is 3.02. The fraction of sp³-hybridized carbons (Fsp3) is 0.600. The second-order valence-electron chi connectivity index (χ2n) is 5.39. The average molecular weight is 262 g/mol. The monoisotopic (exact) mass is 262 g/mol. The zero-order valence-electron chi connectivity index (χ0n) is 11.3. The van der Waals surface area contributed by atoms with Crippen molar-refractivity contribution in [2.24, 2.45) is 0 Å². The van der Waals surface area contributed by atoms with Crippen molar-refractivity contribution in [3.8, 4) is 5.75 Å². The fourth-order valence-corrected chi connectivity index (χ4v) is 2.84. The Morgan fingerprint density at radius 1 is 1.32 bits per heavy atom. The number of hydrogen-bond acceptors (Lipinski definition) is 4. The maximum absolute atomic E-state index is 5.80. The van der Waals surface area contributed by atoms with Gasteiger partial charge >= 0.3 is 0 Å². The van der Waals surface area contributed by atoms with E-state index in [4.69, 9.17) is 15.2 Å². The van der Waals surface area contributed by atoms with Crippen molar-refractivity contribution in [3.63, 3.8) is 0 Å². The van der Waals surface area contributed by atoms with Gasteiger partial charge in [-0.1, -0.05) is 0 Å². The highest BCUT2D eigenvalue weighted by Crippen LogP contribution is 2.30. The van der Waals surface area contributed by atoms with E-state index in [0.29, 0.717) is 0 Å². The summed E-state index contributed by atoms with van der Waals surface area (Å²) in [5.74, 6) is 0.916. The number of nitrogens with two attached hydrogens (primary N) is 1. The van der Waals surface area contributed by atoms with Gasteiger partial charge < -0.3 is 20.1 Å². The Morgan fingerprint density at radius 2 is 2.16 bits per heavy atom. The molecule has 1 fully saturated rings. The van der Waals surface area contributed by atoms with Gasteiger partial charge in [0.2, 0.25) is 6.29 Å². The van der Waals surface area contributed by atoms with Crippen LogP contribution < -0.4 is 10.5 Å². The lowest BCUT2D eigenvalue weighted by Gasteiger charge is -2.16. The van der Waals surface area contributed by atoms with Gasteiger partial charge in [0.05, 0.1) is 6.61 Å². The lowest BCUT2D eigenvalue weighted by molar-refractivity contribution is -0.0674. The van der Waals surface area contributed by atoms with Crippen molar-refractivity contribution in [1.82, 2.24) is 4.90 Å². The molecular formula is C15H22N2O2. The van der Waals surface area contributed by atoms with Gasteiger partial charge in [-0.3, -0.25) is 0 Å².